The number of amides is 1. The Balaban J connectivity index is 1.67. The summed E-state index contributed by atoms with van der Waals surface area (Å²) < 4.78 is 2.03. The Kier molecular flexibility index (Phi) is 6.22. The summed E-state index contributed by atoms with van der Waals surface area (Å²) in [6.07, 6.45) is 13.6. The first-order chi connectivity index (χ1) is 15.5. The zero-order valence-electron chi connectivity index (χ0n) is 18.2. The molecule has 0 bridgehead atoms. The van der Waals surface area contributed by atoms with Gasteiger partial charge in [-0.15, -0.1) is 0 Å². The quantitative estimate of drug-likeness (QED) is 0.674. The average Bonchev–Trinajstić information content (AvgIpc) is 3.19. The van der Waals surface area contributed by atoms with Crippen molar-refractivity contribution < 1.29 is 4.79 Å². The predicted octanol–water partition coefficient (Wildman–Crippen LogP) is 4.45. The van der Waals surface area contributed by atoms with Crippen LogP contribution in [0.3, 0.4) is 0 Å². The molecule has 4 rings (SSSR count). The minimum absolute atomic E-state index is 0.0929. The molecule has 1 aromatic carbocycles. The molecule has 6 nitrogen and oxygen atoms in total. The molecule has 160 valence electrons. The predicted molar refractivity (Wildman–Crippen MR) is 130 cm³/mol. The van der Waals surface area contributed by atoms with E-state index in [-0.39, 0.29) is 5.91 Å². The van der Waals surface area contributed by atoms with E-state index in [1.807, 2.05) is 66.4 Å². The van der Waals surface area contributed by atoms with Gasteiger partial charge in [0.2, 0.25) is 0 Å². The minimum Gasteiger partial charge on any atom is -0.355 e. The van der Waals surface area contributed by atoms with E-state index in [9.17, 15) is 4.79 Å². The van der Waals surface area contributed by atoms with E-state index in [2.05, 4.69) is 34.0 Å². The van der Waals surface area contributed by atoms with Crippen LogP contribution in [-0.4, -0.2) is 40.2 Å². The molecule has 0 unspecified atom stereocenters. The highest BCUT2D eigenvalue weighted by Gasteiger charge is 2.11. The fraction of sp³-hybridized carbons (Fsp3) is 0.154. The first-order valence-electron chi connectivity index (χ1n) is 10.4. The molecule has 0 saturated heterocycles. The lowest BCUT2D eigenvalue weighted by atomic mass is 10.0. The van der Waals surface area contributed by atoms with Crippen molar-refractivity contribution in [1.82, 2.24) is 19.9 Å². The average molecular weight is 424 g/mol. The minimum atomic E-state index is -0.0929. The molecular weight excluding hydrogens is 398 g/mol. The molecule has 6 heteroatoms. The third kappa shape index (κ3) is 4.64. The molecular formula is C26H25N5O. The number of hydrogen-bond donors (Lipinski definition) is 1. The number of carbonyl (C=O) groups is 1. The van der Waals surface area contributed by atoms with E-state index >= 15 is 0 Å². The van der Waals surface area contributed by atoms with Gasteiger partial charge in [-0.25, -0.2) is 9.97 Å². The third-order valence-electron chi connectivity index (χ3n) is 5.22. The molecule has 3 aromatic rings. The van der Waals surface area contributed by atoms with E-state index in [1.165, 1.54) is 0 Å². The lowest BCUT2D eigenvalue weighted by Crippen LogP contribution is -2.18. The highest BCUT2D eigenvalue weighted by atomic mass is 16.1. The fourth-order valence-corrected chi connectivity index (χ4v) is 3.61. The molecule has 3 heterocycles. The van der Waals surface area contributed by atoms with E-state index in [0.717, 1.165) is 39.1 Å². The van der Waals surface area contributed by atoms with E-state index in [0.29, 0.717) is 18.7 Å². The first-order valence-corrected chi connectivity index (χ1v) is 10.4. The Morgan fingerprint density at radius 3 is 2.91 bits per heavy atom. The van der Waals surface area contributed by atoms with Gasteiger partial charge in [0, 0.05) is 24.4 Å². The smallest absolute Gasteiger partial charge is 0.251 e. The molecule has 0 fully saturated rings. The van der Waals surface area contributed by atoms with Gasteiger partial charge in [0.05, 0.1) is 25.1 Å². The summed E-state index contributed by atoms with van der Waals surface area (Å²) in [6.45, 7) is 7.27. The van der Waals surface area contributed by atoms with Gasteiger partial charge in [-0.1, -0.05) is 36.9 Å². The van der Waals surface area contributed by atoms with Crippen LogP contribution >= 0.6 is 0 Å². The molecule has 0 radical (unpaired) electrons. The van der Waals surface area contributed by atoms with Crippen molar-refractivity contribution in [1.29, 1.82) is 0 Å². The van der Waals surface area contributed by atoms with Crippen LogP contribution in [0.1, 0.15) is 15.9 Å². The lowest BCUT2D eigenvalue weighted by Gasteiger charge is -2.09. The molecule has 0 aliphatic carbocycles. The van der Waals surface area contributed by atoms with Crippen LogP contribution in [0.4, 0.5) is 0 Å². The Morgan fingerprint density at radius 1 is 1.22 bits per heavy atom. The second kappa shape index (κ2) is 9.39. The van der Waals surface area contributed by atoms with Gasteiger partial charge < -0.3 is 9.88 Å². The maximum atomic E-state index is 12.0. The maximum absolute atomic E-state index is 12.0. The Hall–Kier alpha value is -4.06. The van der Waals surface area contributed by atoms with Crippen LogP contribution in [0, 0.1) is 6.92 Å². The maximum Gasteiger partial charge on any atom is 0.251 e. The van der Waals surface area contributed by atoms with E-state index < -0.39 is 0 Å². The molecule has 0 spiro atoms. The Labute approximate surface area is 187 Å². The number of hydrogen-bond acceptors (Lipinski definition) is 4. The number of nitrogens with zero attached hydrogens (tertiary/aromatic N) is 4. The van der Waals surface area contributed by atoms with Crippen molar-refractivity contribution in [2.75, 3.05) is 13.6 Å². The fourth-order valence-electron chi connectivity index (χ4n) is 3.61. The number of aryl methyl sites for hydroxylation is 1. The summed E-state index contributed by atoms with van der Waals surface area (Å²) in [7, 11) is 1.63. The van der Waals surface area contributed by atoms with Crippen LogP contribution in [-0.2, 0) is 6.54 Å². The van der Waals surface area contributed by atoms with Crippen LogP contribution in [0.5, 0.6) is 0 Å². The highest BCUT2D eigenvalue weighted by Crippen LogP contribution is 2.24. The van der Waals surface area contributed by atoms with Gasteiger partial charge in [0.15, 0.2) is 5.65 Å². The molecule has 1 amide bonds. The third-order valence-corrected chi connectivity index (χ3v) is 5.22. The van der Waals surface area contributed by atoms with Crippen molar-refractivity contribution in [3.8, 4) is 11.3 Å². The molecule has 0 saturated carbocycles. The van der Waals surface area contributed by atoms with Gasteiger partial charge in [0.1, 0.15) is 5.52 Å². The van der Waals surface area contributed by atoms with Crippen LogP contribution in [0.15, 0.2) is 89.8 Å². The monoisotopic (exact) mass is 423 g/mol. The normalized spacial score (nSPS) is 15.9. The summed E-state index contributed by atoms with van der Waals surface area (Å²) >= 11 is 0. The topological polar surface area (TPSA) is 72.2 Å². The lowest BCUT2D eigenvalue weighted by molar-refractivity contribution is 0.0962. The summed E-state index contributed by atoms with van der Waals surface area (Å²) in [5, 5.41) is 2.67. The number of benzene rings is 1. The number of rotatable bonds is 4. The molecule has 1 N–H and O–H groups in total. The zero-order chi connectivity index (χ0) is 22.5. The number of carbonyl (C=O) groups excluding carboxylic acids is 1. The number of imidazole rings is 1. The number of aliphatic imine (C=N–C) groups is 1. The summed E-state index contributed by atoms with van der Waals surface area (Å²) in [5.41, 5.74) is 7.00. The van der Waals surface area contributed by atoms with Gasteiger partial charge in [0.25, 0.3) is 5.91 Å². The number of aromatic nitrogens is 3. The first kappa shape index (κ1) is 21.2. The van der Waals surface area contributed by atoms with Crippen molar-refractivity contribution in [3.63, 3.8) is 0 Å². The molecule has 1 aliphatic heterocycles. The van der Waals surface area contributed by atoms with Crippen LogP contribution in [0.25, 0.3) is 22.4 Å². The molecule has 2 aromatic heterocycles. The van der Waals surface area contributed by atoms with Crippen molar-refractivity contribution >= 4 is 23.3 Å². The standard InChI is InChI=1S/C26H25N5O/c1-18-6-4-12-28-13-5-7-20(14-18)16-31-17-29-24-11-10-23(30-25(24)31)21-8-9-22(19(2)15-21)26(32)27-3/h4-12,14-15,17H,1,13,16H2,2-3H3,(H,27,32)/b6-4-,7-5-,20-14?,28-12?. The summed E-state index contributed by atoms with van der Waals surface area (Å²) in [5.74, 6) is -0.0929. The van der Waals surface area contributed by atoms with E-state index in [4.69, 9.17) is 4.98 Å². The number of pyridine rings is 1. The summed E-state index contributed by atoms with van der Waals surface area (Å²) in [4.78, 5) is 25.7. The van der Waals surface area contributed by atoms with Crippen LogP contribution < -0.4 is 5.32 Å². The SMILES string of the molecule is C=C1C=C(Cn2cnc3ccc(-c4ccc(C(=O)NC)c(C)c4)nc32)/C=C\CN=C/C=C\1. The molecule has 1 aliphatic rings. The largest absolute Gasteiger partial charge is 0.355 e. The van der Waals surface area contributed by atoms with Crippen molar-refractivity contribution in [2.45, 2.75) is 13.5 Å². The Morgan fingerprint density at radius 2 is 2.09 bits per heavy atom. The van der Waals surface area contributed by atoms with Gasteiger partial charge >= 0.3 is 0 Å². The second-order valence-electron chi connectivity index (χ2n) is 7.59. The van der Waals surface area contributed by atoms with Gasteiger partial charge in [-0.2, -0.15) is 0 Å². The van der Waals surface area contributed by atoms with Crippen LogP contribution in [0.2, 0.25) is 0 Å². The summed E-state index contributed by atoms with van der Waals surface area (Å²) in [6, 6.07) is 9.69. The number of allylic oxidation sites excluding steroid dienone is 6. The number of fused-ring (bicyclic) bond motifs is 1. The second-order valence-corrected chi connectivity index (χ2v) is 7.59. The molecule has 0 atom stereocenters. The Bertz CT molecular complexity index is 1310. The van der Waals surface area contributed by atoms with Crippen molar-refractivity contribution in [3.05, 3.63) is 95.9 Å². The molecule has 32 heavy (non-hydrogen) atoms. The van der Waals surface area contributed by atoms with Gasteiger partial charge in [-0.05, 0) is 54.0 Å². The van der Waals surface area contributed by atoms with E-state index in [1.54, 1.807) is 13.3 Å². The zero-order valence-corrected chi connectivity index (χ0v) is 18.2. The van der Waals surface area contributed by atoms with Crippen molar-refractivity contribution in [2.24, 2.45) is 4.99 Å². The number of nitrogens with one attached hydrogen (secondary N) is 1. The highest BCUT2D eigenvalue weighted by molar-refractivity contribution is 5.96. The van der Waals surface area contributed by atoms with Gasteiger partial charge in [-0.3, -0.25) is 9.79 Å².